The number of fused-ring (bicyclic) bond motifs is 1. The molecular formula is C24H30N4O2. The zero-order valence-corrected chi connectivity index (χ0v) is 18.2. The second-order valence-corrected chi connectivity index (χ2v) is 8.57. The Hall–Kier alpha value is -3.02. The van der Waals surface area contributed by atoms with E-state index < -0.39 is 0 Å². The number of carbonyl (C=O) groups excluding carboxylic acids is 2. The standard InChI is InChI=1S/C24H30N4O2/c1-15-11-17(13-25-24(30)18-12-23(29)28(4)14-18)5-6-20(15)26-21-7-8-22-19(16(21)2)9-10-27(22)3/h5-8,11,18,26H,9-10,12-14H2,1-4H3,(H,25,30). The van der Waals surface area contributed by atoms with E-state index in [1.165, 1.54) is 16.8 Å². The van der Waals surface area contributed by atoms with E-state index in [1.54, 1.807) is 11.9 Å². The minimum absolute atomic E-state index is 0.0370. The van der Waals surface area contributed by atoms with Gasteiger partial charge < -0.3 is 20.4 Å². The van der Waals surface area contributed by atoms with Gasteiger partial charge in [0, 0.05) is 57.2 Å². The molecule has 0 radical (unpaired) electrons. The summed E-state index contributed by atoms with van der Waals surface area (Å²) >= 11 is 0. The van der Waals surface area contributed by atoms with Gasteiger partial charge in [0.2, 0.25) is 11.8 Å². The lowest BCUT2D eigenvalue weighted by atomic mass is 10.0. The quantitative estimate of drug-likeness (QED) is 0.801. The van der Waals surface area contributed by atoms with Crippen LogP contribution in [0.25, 0.3) is 0 Å². The first-order valence-electron chi connectivity index (χ1n) is 10.6. The Kier molecular flexibility index (Phi) is 5.41. The van der Waals surface area contributed by atoms with E-state index in [2.05, 4.69) is 60.7 Å². The van der Waals surface area contributed by atoms with Crippen LogP contribution in [0, 0.1) is 19.8 Å². The van der Waals surface area contributed by atoms with Crippen LogP contribution in [-0.2, 0) is 22.6 Å². The Morgan fingerprint density at radius 3 is 2.57 bits per heavy atom. The molecular weight excluding hydrogens is 376 g/mol. The fraction of sp³-hybridized carbons (Fsp3) is 0.417. The molecule has 0 aromatic heterocycles. The summed E-state index contributed by atoms with van der Waals surface area (Å²) in [4.78, 5) is 27.9. The molecule has 158 valence electrons. The largest absolute Gasteiger partial charge is 0.374 e. The number of hydrogen-bond acceptors (Lipinski definition) is 4. The predicted octanol–water partition coefficient (Wildman–Crippen LogP) is 3.13. The second-order valence-electron chi connectivity index (χ2n) is 8.57. The molecule has 1 unspecified atom stereocenters. The molecule has 6 nitrogen and oxygen atoms in total. The summed E-state index contributed by atoms with van der Waals surface area (Å²) < 4.78 is 0. The average Bonchev–Trinajstić information content (AvgIpc) is 3.26. The highest BCUT2D eigenvalue weighted by Gasteiger charge is 2.31. The Bertz CT molecular complexity index is 1000. The van der Waals surface area contributed by atoms with Crippen molar-refractivity contribution in [3.05, 3.63) is 52.6 Å². The molecule has 1 atom stereocenters. The Balaban J connectivity index is 1.40. The second kappa shape index (κ2) is 8.01. The molecule has 2 aromatic rings. The van der Waals surface area contributed by atoms with Crippen LogP contribution in [0.2, 0.25) is 0 Å². The van der Waals surface area contributed by atoms with Crippen LogP contribution in [0.4, 0.5) is 17.1 Å². The van der Waals surface area contributed by atoms with Gasteiger partial charge in [-0.05, 0) is 60.7 Å². The van der Waals surface area contributed by atoms with Gasteiger partial charge in [0.25, 0.3) is 0 Å². The minimum atomic E-state index is -0.244. The lowest BCUT2D eigenvalue weighted by molar-refractivity contribution is -0.128. The van der Waals surface area contributed by atoms with Crippen LogP contribution in [0.1, 0.15) is 28.7 Å². The van der Waals surface area contributed by atoms with E-state index in [0.717, 1.165) is 35.5 Å². The Morgan fingerprint density at radius 2 is 1.87 bits per heavy atom. The summed E-state index contributed by atoms with van der Waals surface area (Å²) in [6.45, 7) is 6.31. The molecule has 1 fully saturated rings. The number of benzene rings is 2. The van der Waals surface area contributed by atoms with Gasteiger partial charge in [0.05, 0.1) is 5.92 Å². The third-order valence-electron chi connectivity index (χ3n) is 6.42. The van der Waals surface area contributed by atoms with Gasteiger partial charge in [-0.2, -0.15) is 0 Å². The van der Waals surface area contributed by atoms with Gasteiger partial charge in [-0.3, -0.25) is 9.59 Å². The number of nitrogens with one attached hydrogen (secondary N) is 2. The fourth-order valence-electron chi connectivity index (χ4n) is 4.44. The van der Waals surface area contributed by atoms with E-state index >= 15 is 0 Å². The minimum Gasteiger partial charge on any atom is -0.374 e. The number of rotatable bonds is 5. The van der Waals surface area contributed by atoms with Crippen LogP contribution >= 0.6 is 0 Å². The maximum Gasteiger partial charge on any atom is 0.225 e. The smallest absolute Gasteiger partial charge is 0.225 e. The molecule has 1 saturated heterocycles. The molecule has 0 spiro atoms. The van der Waals surface area contributed by atoms with Gasteiger partial charge in [0.15, 0.2) is 0 Å². The lowest BCUT2D eigenvalue weighted by Gasteiger charge is -2.17. The monoisotopic (exact) mass is 406 g/mol. The molecule has 2 aromatic carbocycles. The van der Waals surface area contributed by atoms with Gasteiger partial charge in [-0.25, -0.2) is 0 Å². The molecule has 2 heterocycles. The van der Waals surface area contributed by atoms with Crippen molar-refractivity contribution in [2.45, 2.75) is 33.2 Å². The highest BCUT2D eigenvalue weighted by molar-refractivity contribution is 5.89. The molecule has 6 heteroatoms. The highest BCUT2D eigenvalue weighted by Crippen LogP contribution is 2.35. The number of carbonyl (C=O) groups is 2. The SMILES string of the molecule is Cc1cc(CNC(=O)C2CC(=O)N(C)C2)ccc1Nc1ccc2c(c1C)CCN2C. The molecule has 2 aliphatic rings. The third-order valence-corrected chi connectivity index (χ3v) is 6.42. The van der Waals surface area contributed by atoms with E-state index in [4.69, 9.17) is 0 Å². The van der Waals surface area contributed by atoms with Gasteiger partial charge in [-0.1, -0.05) is 12.1 Å². The van der Waals surface area contributed by atoms with Crippen molar-refractivity contribution in [2.75, 3.05) is 37.4 Å². The highest BCUT2D eigenvalue weighted by atomic mass is 16.2. The molecule has 30 heavy (non-hydrogen) atoms. The normalized spacial score (nSPS) is 18.0. The number of likely N-dealkylation sites (N-methyl/N-ethyl adjacent to an activating group) is 1. The first kappa shape index (κ1) is 20.3. The Labute approximate surface area is 178 Å². The third kappa shape index (κ3) is 3.86. The van der Waals surface area contributed by atoms with Crippen molar-refractivity contribution in [2.24, 2.45) is 5.92 Å². The maximum absolute atomic E-state index is 12.4. The lowest BCUT2D eigenvalue weighted by Crippen LogP contribution is -2.31. The van der Waals surface area contributed by atoms with E-state index in [0.29, 0.717) is 19.5 Å². The van der Waals surface area contributed by atoms with Gasteiger partial charge in [0.1, 0.15) is 0 Å². The van der Waals surface area contributed by atoms with Crippen LogP contribution in [0.5, 0.6) is 0 Å². The molecule has 2 N–H and O–H groups in total. The van der Waals surface area contributed by atoms with Crippen molar-refractivity contribution in [3.8, 4) is 0 Å². The summed E-state index contributed by atoms with van der Waals surface area (Å²) in [5, 5.41) is 6.56. The van der Waals surface area contributed by atoms with Crippen LogP contribution in [0.3, 0.4) is 0 Å². The van der Waals surface area contributed by atoms with E-state index in [9.17, 15) is 9.59 Å². The fourth-order valence-corrected chi connectivity index (χ4v) is 4.44. The number of anilines is 3. The predicted molar refractivity (Wildman–Crippen MR) is 120 cm³/mol. The van der Waals surface area contributed by atoms with Crippen molar-refractivity contribution < 1.29 is 9.59 Å². The average molecular weight is 407 g/mol. The first-order chi connectivity index (χ1) is 14.3. The Morgan fingerprint density at radius 1 is 1.10 bits per heavy atom. The summed E-state index contributed by atoms with van der Waals surface area (Å²) in [5.74, 6) is -0.257. The number of likely N-dealkylation sites (tertiary alicyclic amines) is 1. The van der Waals surface area contributed by atoms with Crippen LogP contribution < -0.4 is 15.5 Å². The van der Waals surface area contributed by atoms with Gasteiger partial charge in [-0.15, -0.1) is 0 Å². The van der Waals surface area contributed by atoms with Crippen molar-refractivity contribution >= 4 is 28.9 Å². The number of aryl methyl sites for hydroxylation is 1. The zero-order valence-electron chi connectivity index (χ0n) is 18.2. The van der Waals surface area contributed by atoms with Gasteiger partial charge >= 0.3 is 0 Å². The molecule has 0 saturated carbocycles. The van der Waals surface area contributed by atoms with Crippen LogP contribution in [0.15, 0.2) is 30.3 Å². The molecule has 0 aliphatic carbocycles. The summed E-state index contributed by atoms with van der Waals surface area (Å²) in [7, 11) is 3.88. The molecule has 2 aliphatic heterocycles. The first-order valence-corrected chi connectivity index (χ1v) is 10.6. The number of amides is 2. The number of nitrogens with zero attached hydrogens (tertiary/aromatic N) is 2. The van der Waals surface area contributed by atoms with E-state index in [-0.39, 0.29) is 17.7 Å². The molecule has 2 amide bonds. The zero-order chi connectivity index (χ0) is 21.4. The summed E-state index contributed by atoms with van der Waals surface area (Å²) in [5.41, 5.74) is 8.46. The summed E-state index contributed by atoms with van der Waals surface area (Å²) in [6.07, 6.45) is 1.40. The molecule has 4 rings (SSSR count). The summed E-state index contributed by atoms with van der Waals surface area (Å²) in [6, 6.07) is 10.6. The van der Waals surface area contributed by atoms with Crippen molar-refractivity contribution in [1.82, 2.24) is 10.2 Å². The molecule has 0 bridgehead atoms. The van der Waals surface area contributed by atoms with Crippen LogP contribution in [-0.4, -0.2) is 43.9 Å². The number of hydrogen-bond donors (Lipinski definition) is 2. The van der Waals surface area contributed by atoms with Crippen molar-refractivity contribution in [3.63, 3.8) is 0 Å². The van der Waals surface area contributed by atoms with Crippen molar-refractivity contribution in [1.29, 1.82) is 0 Å². The topological polar surface area (TPSA) is 64.7 Å². The maximum atomic E-state index is 12.4. The van der Waals surface area contributed by atoms with E-state index in [1.807, 2.05) is 6.07 Å².